The molecule has 0 saturated carbocycles. The number of anilines is 3. The summed E-state index contributed by atoms with van der Waals surface area (Å²) in [6.45, 7) is 4.78. The van der Waals surface area contributed by atoms with Gasteiger partial charge in [-0.25, -0.2) is 0 Å². The molecule has 1 aromatic heterocycles. The van der Waals surface area contributed by atoms with Crippen LogP contribution in [0.1, 0.15) is 25.0 Å². The Morgan fingerprint density at radius 1 is 0.467 bits per heavy atom. The van der Waals surface area contributed by atoms with E-state index in [2.05, 4.69) is 181 Å². The third-order valence-electron chi connectivity index (χ3n) is 9.71. The highest BCUT2D eigenvalue weighted by molar-refractivity contribution is 6.13. The molecule has 1 aliphatic carbocycles. The number of fused-ring (bicyclic) bond motifs is 8. The highest BCUT2D eigenvalue weighted by Gasteiger charge is 2.37. The monoisotopic (exact) mass is 576 g/mol. The van der Waals surface area contributed by atoms with E-state index in [1.807, 2.05) is 0 Å². The van der Waals surface area contributed by atoms with Crippen molar-refractivity contribution in [2.75, 3.05) is 4.90 Å². The van der Waals surface area contributed by atoms with E-state index in [1.165, 1.54) is 54.8 Å². The maximum atomic E-state index is 2.48. The van der Waals surface area contributed by atoms with Crippen LogP contribution >= 0.6 is 0 Å². The van der Waals surface area contributed by atoms with Gasteiger partial charge in [0.05, 0.1) is 11.0 Å². The average Bonchev–Trinajstić information content (AvgIpc) is 3.53. The van der Waals surface area contributed by atoms with E-state index in [9.17, 15) is 0 Å². The minimum atomic E-state index is -0.113. The molecule has 1 heterocycles. The van der Waals surface area contributed by atoms with E-state index in [0.29, 0.717) is 0 Å². The molecule has 2 heteroatoms. The molecule has 7 aromatic carbocycles. The summed E-state index contributed by atoms with van der Waals surface area (Å²) in [5.74, 6) is 0. The van der Waals surface area contributed by atoms with E-state index in [1.54, 1.807) is 0 Å². The van der Waals surface area contributed by atoms with Crippen LogP contribution in [-0.2, 0) is 5.41 Å². The van der Waals surface area contributed by atoms with Crippen LogP contribution < -0.4 is 4.90 Å². The molecular weight excluding hydrogens is 544 g/mol. The van der Waals surface area contributed by atoms with Gasteiger partial charge in [0.15, 0.2) is 0 Å². The van der Waals surface area contributed by atoms with Crippen LogP contribution in [0.4, 0.5) is 17.1 Å². The normalized spacial score (nSPS) is 13.3. The molecule has 0 radical (unpaired) electrons. The van der Waals surface area contributed by atoms with Crippen molar-refractivity contribution in [1.29, 1.82) is 0 Å². The lowest BCUT2D eigenvalue weighted by Crippen LogP contribution is -2.15. The topological polar surface area (TPSA) is 8.17 Å². The summed E-state index contributed by atoms with van der Waals surface area (Å²) in [6.07, 6.45) is 0. The number of rotatable bonds is 4. The van der Waals surface area contributed by atoms with Gasteiger partial charge in [-0.05, 0) is 93.7 Å². The van der Waals surface area contributed by atoms with Gasteiger partial charge in [0.1, 0.15) is 0 Å². The molecule has 0 aliphatic heterocycles. The number of benzene rings is 7. The highest BCUT2D eigenvalue weighted by atomic mass is 15.1. The van der Waals surface area contributed by atoms with Gasteiger partial charge in [-0.15, -0.1) is 0 Å². The minimum absolute atomic E-state index is 0.113. The Bertz CT molecular complexity index is 2340. The van der Waals surface area contributed by atoms with Crippen LogP contribution in [0.25, 0.3) is 49.4 Å². The molecule has 0 amide bonds. The van der Waals surface area contributed by atoms with Gasteiger partial charge in [-0.1, -0.05) is 111 Å². The van der Waals surface area contributed by atoms with Crippen LogP contribution in [0, 0.1) is 0 Å². The summed E-state index contributed by atoms with van der Waals surface area (Å²) in [5.41, 5.74) is 12.4. The van der Waals surface area contributed by atoms with Crippen molar-refractivity contribution in [1.82, 2.24) is 4.57 Å². The lowest BCUT2D eigenvalue weighted by Gasteiger charge is -2.25. The fraction of sp³-hybridized carbons (Fsp3) is 0.0698. The standard InChI is InChI=1S/C43H32N2/c1-43(2)39-27-38-35-25-23-33(44(30-15-6-3-7-16-30)31-17-8-4-9-18-31)26-40(35)45(32-19-10-5-11-20-32)41(38)28-37(39)36-24-22-29-14-12-13-21-34(29)42(36)43/h3-28H,1-2H3. The van der Waals surface area contributed by atoms with Crippen LogP contribution in [0.15, 0.2) is 158 Å². The molecule has 0 atom stereocenters. The van der Waals surface area contributed by atoms with E-state index in [-0.39, 0.29) is 5.41 Å². The van der Waals surface area contributed by atoms with Gasteiger partial charge >= 0.3 is 0 Å². The Balaban J connectivity index is 1.34. The first-order chi connectivity index (χ1) is 22.1. The summed E-state index contributed by atoms with van der Waals surface area (Å²) < 4.78 is 2.45. The fourth-order valence-electron chi connectivity index (χ4n) is 7.69. The molecule has 0 N–H and O–H groups in total. The number of hydrogen-bond acceptors (Lipinski definition) is 1. The van der Waals surface area contributed by atoms with Gasteiger partial charge in [0, 0.05) is 38.9 Å². The van der Waals surface area contributed by atoms with Crippen LogP contribution in [0.3, 0.4) is 0 Å². The zero-order valence-corrected chi connectivity index (χ0v) is 25.4. The molecule has 0 unspecified atom stereocenters. The van der Waals surface area contributed by atoms with E-state index >= 15 is 0 Å². The maximum Gasteiger partial charge on any atom is 0.0561 e. The number of nitrogens with zero attached hydrogens (tertiary/aromatic N) is 2. The predicted molar refractivity (Wildman–Crippen MR) is 191 cm³/mol. The van der Waals surface area contributed by atoms with Gasteiger partial charge in [-0.3, -0.25) is 0 Å². The maximum absolute atomic E-state index is 2.48. The van der Waals surface area contributed by atoms with Crippen molar-refractivity contribution in [3.05, 3.63) is 169 Å². The third kappa shape index (κ3) is 3.82. The van der Waals surface area contributed by atoms with E-state index in [4.69, 9.17) is 0 Å². The summed E-state index contributed by atoms with van der Waals surface area (Å²) >= 11 is 0. The zero-order valence-electron chi connectivity index (χ0n) is 25.4. The lowest BCUT2D eigenvalue weighted by atomic mass is 9.80. The van der Waals surface area contributed by atoms with Crippen molar-refractivity contribution < 1.29 is 0 Å². The molecular formula is C43H32N2. The molecule has 1 aliphatic rings. The zero-order chi connectivity index (χ0) is 30.1. The Kier molecular flexibility index (Phi) is 5.58. The van der Waals surface area contributed by atoms with Crippen LogP contribution in [-0.4, -0.2) is 4.57 Å². The van der Waals surface area contributed by atoms with Crippen molar-refractivity contribution >= 4 is 49.6 Å². The SMILES string of the molecule is CC1(C)c2cc3c4ccc(N(c5ccccc5)c5ccccc5)cc4n(-c4ccccc4)c3cc2-c2ccc3ccccc3c21. The second-order valence-electron chi connectivity index (χ2n) is 12.6. The Morgan fingerprint density at radius 3 is 1.80 bits per heavy atom. The molecule has 0 spiro atoms. The summed E-state index contributed by atoms with van der Waals surface area (Å²) in [4.78, 5) is 2.34. The number of aromatic nitrogens is 1. The molecule has 45 heavy (non-hydrogen) atoms. The quantitative estimate of drug-likeness (QED) is 0.202. The first-order valence-electron chi connectivity index (χ1n) is 15.7. The van der Waals surface area contributed by atoms with Crippen molar-refractivity contribution in [2.45, 2.75) is 19.3 Å². The van der Waals surface area contributed by atoms with E-state index in [0.717, 1.165) is 22.7 Å². The molecule has 0 fully saturated rings. The van der Waals surface area contributed by atoms with Crippen molar-refractivity contribution in [2.24, 2.45) is 0 Å². The average molecular weight is 577 g/mol. The van der Waals surface area contributed by atoms with E-state index < -0.39 is 0 Å². The first kappa shape index (κ1) is 25.9. The largest absolute Gasteiger partial charge is 0.310 e. The van der Waals surface area contributed by atoms with Crippen molar-refractivity contribution in [3.8, 4) is 16.8 Å². The van der Waals surface area contributed by atoms with Crippen molar-refractivity contribution in [3.63, 3.8) is 0 Å². The van der Waals surface area contributed by atoms with Crippen LogP contribution in [0.5, 0.6) is 0 Å². The minimum Gasteiger partial charge on any atom is -0.310 e. The Labute approximate surface area is 263 Å². The molecule has 214 valence electrons. The molecule has 0 bridgehead atoms. The summed E-state index contributed by atoms with van der Waals surface area (Å²) in [6, 6.07) is 57.4. The highest BCUT2D eigenvalue weighted by Crippen LogP contribution is 2.53. The Hall–Kier alpha value is -5.60. The predicted octanol–water partition coefficient (Wildman–Crippen LogP) is 11.7. The third-order valence-corrected chi connectivity index (χ3v) is 9.71. The second kappa shape index (κ2) is 9.70. The Morgan fingerprint density at radius 2 is 1.09 bits per heavy atom. The van der Waals surface area contributed by atoms with Gasteiger partial charge in [0.25, 0.3) is 0 Å². The second-order valence-corrected chi connectivity index (χ2v) is 12.6. The molecule has 8 aromatic rings. The van der Waals surface area contributed by atoms with Gasteiger partial charge < -0.3 is 9.47 Å². The summed E-state index contributed by atoms with van der Waals surface area (Å²) in [7, 11) is 0. The fourth-order valence-corrected chi connectivity index (χ4v) is 7.69. The lowest BCUT2D eigenvalue weighted by molar-refractivity contribution is 0.667. The first-order valence-corrected chi connectivity index (χ1v) is 15.7. The number of hydrogen-bond donors (Lipinski definition) is 0. The smallest absolute Gasteiger partial charge is 0.0561 e. The molecule has 0 saturated heterocycles. The summed E-state index contributed by atoms with van der Waals surface area (Å²) in [5, 5.41) is 5.20. The molecule has 9 rings (SSSR count). The van der Waals surface area contributed by atoms with Crippen LogP contribution in [0.2, 0.25) is 0 Å². The number of para-hydroxylation sites is 3. The van der Waals surface area contributed by atoms with Gasteiger partial charge in [0.2, 0.25) is 0 Å². The van der Waals surface area contributed by atoms with Gasteiger partial charge in [-0.2, -0.15) is 0 Å². The molecule has 2 nitrogen and oxygen atoms in total.